The number of pyridine rings is 1. The van der Waals surface area contributed by atoms with Gasteiger partial charge in [0.1, 0.15) is 0 Å². The lowest BCUT2D eigenvalue weighted by molar-refractivity contribution is 0.128. The van der Waals surface area contributed by atoms with E-state index in [0.717, 1.165) is 32.7 Å². The average molecular weight is 270 g/mol. The molecule has 2 heterocycles. The van der Waals surface area contributed by atoms with Crippen molar-refractivity contribution in [1.29, 1.82) is 0 Å². The highest BCUT2D eigenvalue weighted by Crippen LogP contribution is 2.06. The van der Waals surface area contributed by atoms with Crippen molar-refractivity contribution < 1.29 is 0 Å². The second-order valence-corrected chi connectivity index (χ2v) is 4.82. The molecule has 0 spiro atoms. The summed E-state index contributed by atoms with van der Waals surface area (Å²) in [6, 6.07) is 16.3. The Balaban J connectivity index is 0.000000205. The smallest absolute Gasteiger partial charge is 0.0267 e. The Morgan fingerprint density at radius 2 is 1.45 bits per heavy atom. The van der Waals surface area contributed by atoms with Crippen LogP contribution >= 0.6 is 0 Å². The van der Waals surface area contributed by atoms with Crippen molar-refractivity contribution in [1.82, 2.24) is 14.9 Å². The number of benzene rings is 1. The molecule has 106 valence electrons. The number of hydrogen-bond donors (Lipinski definition) is 1. The van der Waals surface area contributed by atoms with Crippen molar-refractivity contribution in [2.24, 2.45) is 5.84 Å². The molecule has 1 saturated heterocycles. The number of hydrogen-bond acceptors (Lipinski definition) is 4. The summed E-state index contributed by atoms with van der Waals surface area (Å²) in [5.74, 6) is 5.70. The molecule has 2 N–H and O–H groups in total. The van der Waals surface area contributed by atoms with E-state index in [0.29, 0.717) is 0 Å². The fourth-order valence-electron chi connectivity index (χ4n) is 2.08. The van der Waals surface area contributed by atoms with E-state index in [9.17, 15) is 0 Å². The van der Waals surface area contributed by atoms with Crippen molar-refractivity contribution >= 4 is 0 Å². The Labute approximate surface area is 120 Å². The molecule has 1 aliphatic heterocycles. The van der Waals surface area contributed by atoms with E-state index in [1.807, 2.05) is 23.2 Å². The Hall–Kier alpha value is -1.75. The van der Waals surface area contributed by atoms with Crippen LogP contribution in [0.4, 0.5) is 0 Å². The molecule has 0 radical (unpaired) electrons. The first-order valence-corrected chi connectivity index (χ1v) is 6.95. The molecule has 0 amide bonds. The maximum Gasteiger partial charge on any atom is 0.0267 e. The lowest BCUT2D eigenvalue weighted by Gasteiger charge is -2.31. The zero-order valence-corrected chi connectivity index (χ0v) is 11.7. The van der Waals surface area contributed by atoms with Crippen LogP contribution in [0.2, 0.25) is 0 Å². The molecule has 20 heavy (non-hydrogen) atoms. The quantitative estimate of drug-likeness (QED) is 0.845. The van der Waals surface area contributed by atoms with Gasteiger partial charge in [-0.05, 0) is 17.7 Å². The van der Waals surface area contributed by atoms with Gasteiger partial charge in [0.2, 0.25) is 0 Å². The zero-order chi connectivity index (χ0) is 14.0. The molecule has 3 rings (SSSR count). The van der Waals surface area contributed by atoms with E-state index in [-0.39, 0.29) is 0 Å². The number of piperazine rings is 1. The molecule has 0 unspecified atom stereocenters. The van der Waals surface area contributed by atoms with Gasteiger partial charge in [-0.25, -0.2) is 5.01 Å². The molecule has 0 bridgehead atoms. The Kier molecular flexibility index (Phi) is 6.17. The van der Waals surface area contributed by atoms with E-state index >= 15 is 0 Å². The molecular formula is C16H22N4. The first kappa shape index (κ1) is 14.7. The molecule has 1 aromatic carbocycles. The SMILES string of the molecule is NN1CCN(Cc2ccccc2)CC1.c1ccncc1. The highest BCUT2D eigenvalue weighted by atomic mass is 15.4. The second-order valence-electron chi connectivity index (χ2n) is 4.82. The minimum absolute atomic E-state index is 0.979. The van der Waals surface area contributed by atoms with Crippen LogP contribution in [-0.2, 0) is 6.54 Å². The van der Waals surface area contributed by atoms with Gasteiger partial charge in [0, 0.05) is 45.1 Å². The van der Waals surface area contributed by atoms with Crippen LogP contribution in [0.1, 0.15) is 5.56 Å². The topological polar surface area (TPSA) is 45.4 Å². The van der Waals surface area contributed by atoms with Crippen molar-refractivity contribution in [3.63, 3.8) is 0 Å². The first-order valence-electron chi connectivity index (χ1n) is 6.95. The van der Waals surface area contributed by atoms with E-state index in [4.69, 9.17) is 5.84 Å². The lowest BCUT2D eigenvalue weighted by Crippen LogP contribution is -2.48. The molecule has 1 aromatic heterocycles. The highest BCUT2D eigenvalue weighted by molar-refractivity contribution is 5.14. The third-order valence-corrected chi connectivity index (χ3v) is 3.22. The van der Waals surface area contributed by atoms with E-state index < -0.39 is 0 Å². The van der Waals surface area contributed by atoms with Gasteiger partial charge in [0.05, 0.1) is 0 Å². The fraction of sp³-hybridized carbons (Fsp3) is 0.312. The van der Waals surface area contributed by atoms with Gasteiger partial charge >= 0.3 is 0 Å². The third kappa shape index (κ3) is 5.48. The lowest BCUT2D eigenvalue weighted by atomic mass is 10.2. The summed E-state index contributed by atoms with van der Waals surface area (Å²) in [7, 11) is 0. The van der Waals surface area contributed by atoms with Gasteiger partial charge in [-0.3, -0.25) is 15.7 Å². The van der Waals surface area contributed by atoms with Crippen LogP contribution in [0.3, 0.4) is 0 Å². The van der Waals surface area contributed by atoms with Crippen molar-refractivity contribution in [2.45, 2.75) is 6.54 Å². The summed E-state index contributed by atoms with van der Waals surface area (Å²) in [5, 5.41) is 1.89. The third-order valence-electron chi connectivity index (χ3n) is 3.22. The monoisotopic (exact) mass is 270 g/mol. The molecule has 0 atom stereocenters. The summed E-state index contributed by atoms with van der Waals surface area (Å²) in [5.41, 5.74) is 1.39. The van der Waals surface area contributed by atoms with Gasteiger partial charge in [-0.1, -0.05) is 36.4 Å². The molecule has 0 saturated carbocycles. The predicted molar refractivity (Wildman–Crippen MR) is 81.7 cm³/mol. The molecule has 1 aliphatic rings. The summed E-state index contributed by atoms with van der Waals surface area (Å²) < 4.78 is 0. The van der Waals surface area contributed by atoms with E-state index in [2.05, 4.69) is 40.2 Å². The summed E-state index contributed by atoms with van der Waals surface area (Å²) in [6.45, 7) is 5.16. The molecule has 4 heteroatoms. The predicted octanol–water partition coefficient (Wildman–Crippen LogP) is 1.76. The van der Waals surface area contributed by atoms with Gasteiger partial charge in [-0.2, -0.15) is 0 Å². The maximum absolute atomic E-state index is 5.70. The number of rotatable bonds is 2. The largest absolute Gasteiger partial charge is 0.296 e. The second kappa shape index (κ2) is 8.43. The molecule has 0 aliphatic carbocycles. The molecule has 4 nitrogen and oxygen atoms in total. The minimum atomic E-state index is 0.979. The van der Waals surface area contributed by atoms with Crippen LogP contribution in [-0.4, -0.2) is 41.1 Å². The maximum atomic E-state index is 5.70. The van der Waals surface area contributed by atoms with E-state index in [1.54, 1.807) is 12.4 Å². The van der Waals surface area contributed by atoms with Crippen LogP contribution in [0.25, 0.3) is 0 Å². The number of nitrogens with two attached hydrogens (primary N) is 1. The van der Waals surface area contributed by atoms with Crippen LogP contribution in [0.15, 0.2) is 60.9 Å². The zero-order valence-electron chi connectivity index (χ0n) is 11.7. The van der Waals surface area contributed by atoms with Crippen molar-refractivity contribution in [3.05, 3.63) is 66.5 Å². The van der Waals surface area contributed by atoms with Crippen LogP contribution in [0, 0.1) is 0 Å². The van der Waals surface area contributed by atoms with Gasteiger partial charge in [0.15, 0.2) is 0 Å². The van der Waals surface area contributed by atoms with Crippen molar-refractivity contribution in [3.8, 4) is 0 Å². The average Bonchev–Trinajstić information content (AvgIpc) is 2.53. The Bertz CT molecular complexity index is 426. The minimum Gasteiger partial charge on any atom is -0.296 e. The first-order chi connectivity index (χ1) is 9.84. The molecular weight excluding hydrogens is 248 g/mol. The Morgan fingerprint density at radius 3 is 1.95 bits per heavy atom. The van der Waals surface area contributed by atoms with Crippen LogP contribution in [0.5, 0.6) is 0 Å². The van der Waals surface area contributed by atoms with Gasteiger partial charge < -0.3 is 0 Å². The fourth-order valence-corrected chi connectivity index (χ4v) is 2.08. The molecule has 1 fully saturated rings. The summed E-state index contributed by atoms with van der Waals surface area (Å²) in [4.78, 5) is 6.23. The van der Waals surface area contributed by atoms with Crippen molar-refractivity contribution in [2.75, 3.05) is 26.2 Å². The number of aromatic nitrogens is 1. The van der Waals surface area contributed by atoms with Gasteiger partial charge in [0.25, 0.3) is 0 Å². The molecule has 2 aromatic rings. The normalized spacial score (nSPS) is 16.2. The van der Waals surface area contributed by atoms with Gasteiger partial charge in [-0.15, -0.1) is 0 Å². The highest BCUT2D eigenvalue weighted by Gasteiger charge is 2.13. The van der Waals surface area contributed by atoms with Crippen LogP contribution < -0.4 is 5.84 Å². The summed E-state index contributed by atoms with van der Waals surface area (Å²) in [6.07, 6.45) is 3.50. The van der Waals surface area contributed by atoms with E-state index in [1.165, 1.54) is 5.56 Å². The number of nitrogens with zero attached hydrogens (tertiary/aromatic N) is 3. The standard InChI is InChI=1S/C11H17N3.C5H5N/c12-14-8-6-13(7-9-14)10-11-4-2-1-3-5-11;1-2-4-6-5-3-1/h1-5H,6-10,12H2;1-5H. The Morgan fingerprint density at radius 1 is 0.850 bits per heavy atom. The number of hydrazine groups is 1. The summed E-state index contributed by atoms with van der Waals surface area (Å²) >= 11 is 0.